The number of carbonyl (C=O) groups excluding carboxylic acids is 1. The van der Waals surface area contributed by atoms with E-state index in [1.54, 1.807) is 6.92 Å². The van der Waals surface area contributed by atoms with Crippen LogP contribution in [0.4, 0.5) is 0 Å². The van der Waals surface area contributed by atoms with Crippen molar-refractivity contribution < 1.29 is 9.90 Å². The Balaban J connectivity index is 2.62. The van der Waals surface area contributed by atoms with E-state index >= 15 is 0 Å². The quantitative estimate of drug-likeness (QED) is 0.769. The molecule has 0 fully saturated rings. The van der Waals surface area contributed by atoms with Crippen LogP contribution in [-0.4, -0.2) is 42.0 Å². The molecule has 0 bridgehead atoms. The van der Waals surface area contributed by atoms with E-state index in [0.717, 1.165) is 18.5 Å². The molecule has 1 unspecified atom stereocenters. The highest BCUT2D eigenvalue weighted by molar-refractivity contribution is 6.00. The molecule has 1 aromatic rings. The summed E-state index contributed by atoms with van der Waals surface area (Å²) in [5.41, 5.74) is 0.339. The molecule has 19 heavy (non-hydrogen) atoms. The first-order valence-electron chi connectivity index (χ1n) is 6.79. The van der Waals surface area contributed by atoms with Crippen LogP contribution in [0.1, 0.15) is 37.6 Å². The van der Waals surface area contributed by atoms with Gasteiger partial charge in [-0.2, -0.15) is 0 Å². The monoisotopic (exact) mass is 263 g/mol. The average molecular weight is 263 g/mol. The Labute approximate surface area is 116 Å². The Hall–Kier alpha value is -1.19. The molecule has 3 nitrogen and oxygen atoms in total. The van der Waals surface area contributed by atoms with Crippen LogP contribution in [0.5, 0.6) is 0 Å². The van der Waals surface area contributed by atoms with Crippen LogP contribution in [0.3, 0.4) is 0 Å². The second-order valence-corrected chi connectivity index (χ2v) is 5.95. The molecule has 0 aliphatic heterocycles. The lowest BCUT2D eigenvalue weighted by molar-refractivity contribution is 0.0771. The average Bonchev–Trinajstić information content (AvgIpc) is 2.36. The van der Waals surface area contributed by atoms with Crippen LogP contribution in [-0.2, 0) is 0 Å². The van der Waals surface area contributed by atoms with Gasteiger partial charge in [0.05, 0.1) is 6.10 Å². The van der Waals surface area contributed by atoms with E-state index in [1.807, 2.05) is 51.2 Å². The lowest BCUT2D eigenvalue weighted by Crippen LogP contribution is -2.38. The minimum absolute atomic E-state index is 0.164. The molecule has 1 aromatic carbocycles. The Kier molecular flexibility index (Phi) is 5.70. The molecular formula is C16H25NO2. The minimum Gasteiger partial charge on any atom is -0.393 e. The molecule has 0 amide bonds. The van der Waals surface area contributed by atoms with Gasteiger partial charge >= 0.3 is 0 Å². The van der Waals surface area contributed by atoms with E-state index in [1.165, 1.54) is 0 Å². The molecule has 0 aliphatic carbocycles. The van der Waals surface area contributed by atoms with E-state index in [-0.39, 0.29) is 11.9 Å². The number of hydrogen-bond donors (Lipinski definition) is 1. The molecule has 0 aliphatic rings. The predicted molar refractivity (Wildman–Crippen MR) is 78.3 cm³/mol. The summed E-state index contributed by atoms with van der Waals surface area (Å²) in [6.45, 7) is 7.22. The zero-order valence-electron chi connectivity index (χ0n) is 12.4. The van der Waals surface area contributed by atoms with Crippen molar-refractivity contribution in [2.45, 2.75) is 33.3 Å². The third kappa shape index (κ3) is 5.13. The van der Waals surface area contributed by atoms with Gasteiger partial charge in [-0.05, 0) is 20.4 Å². The number of carbonyl (C=O) groups is 1. The van der Waals surface area contributed by atoms with Crippen LogP contribution in [0, 0.1) is 5.41 Å². The van der Waals surface area contributed by atoms with E-state index in [9.17, 15) is 9.90 Å². The first-order chi connectivity index (χ1) is 8.83. The number of hydrogen-bond acceptors (Lipinski definition) is 3. The molecule has 3 heteroatoms. The van der Waals surface area contributed by atoms with E-state index < -0.39 is 5.41 Å². The van der Waals surface area contributed by atoms with Crippen molar-refractivity contribution in [3.8, 4) is 0 Å². The summed E-state index contributed by atoms with van der Waals surface area (Å²) in [5.74, 6) is 0.164. The summed E-state index contributed by atoms with van der Waals surface area (Å²) in [5, 5.41) is 9.29. The molecule has 1 N–H and O–H groups in total. The van der Waals surface area contributed by atoms with Gasteiger partial charge in [0.15, 0.2) is 5.78 Å². The van der Waals surface area contributed by atoms with Gasteiger partial charge in [0, 0.05) is 24.1 Å². The molecule has 1 rings (SSSR count). The Morgan fingerprint density at radius 3 is 2.42 bits per heavy atom. The number of nitrogens with zero attached hydrogens (tertiary/aromatic N) is 1. The van der Waals surface area contributed by atoms with Crippen molar-refractivity contribution in [3.05, 3.63) is 35.9 Å². The predicted octanol–water partition coefficient (Wildman–Crippen LogP) is 2.60. The van der Waals surface area contributed by atoms with Gasteiger partial charge in [0.1, 0.15) is 0 Å². The summed E-state index contributed by atoms with van der Waals surface area (Å²) >= 11 is 0. The Morgan fingerprint density at radius 1 is 1.32 bits per heavy atom. The van der Waals surface area contributed by atoms with Crippen molar-refractivity contribution in [1.82, 2.24) is 4.90 Å². The fourth-order valence-corrected chi connectivity index (χ4v) is 2.21. The normalized spacial score (nSPS) is 13.6. The first-order valence-corrected chi connectivity index (χ1v) is 6.79. The van der Waals surface area contributed by atoms with Gasteiger partial charge in [-0.25, -0.2) is 0 Å². The van der Waals surface area contributed by atoms with Crippen molar-refractivity contribution in [1.29, 1.82) is 0 Å². The van der Waals surface area contributed by atoms with Crippen LogP contribution >= 0.6 is 0 Å². The summed E-state index contributed by atoms with van der Waals surface area (Å²) in [7, 11) is 1.99. The van der Waals surface area contributed by atoms with E-state index in [2.05, 4.69) is 4.90 Å². The van der Waals surface area contributed by atoms with Gasteiger partial charge in [-0.1, -0.05) is 44.2 Å². The smallest absolute Gasteiger partial charge is 0.169 e. The topological polar surface area (TPSA) is 40.5 Å². The van der Waals surface area contributed by atoms with E-state index in [4.69, 9.17) is 0 Å². The summed E-state index contributed by atoms with van der Waals surface area (Å²) < 4.78 is 0. The summed E-state index contributed by atoms with van der Waals surface area (Å²) in [4.78, 5) is 14.6. The third-order valence-corrected chi connectivity index (χ3v) is 3.24. The number of Topliss-reactive ketones (excluding diaryl/α,β-unsaturated/α-hetero) is 1. The zero-order chi connectivity index (χ0) is 14.5. The molecule has 0 heterocycles. The molecule has 1 atom stereocenters. The summed E-state index contributed by atoms with van der Waals surface area (Å²) in [6, 6.07) is 9.42. The second-order valence-electron chi connectivity index (χ2n) is 5.95. The van der Waals surface area contributed by atoms with Gasteiger partial charge < -0.3 is 10.0 Å². The number of aliphatic hydroxyl groups is 1. The maximum Gasteiger partial charge on any atom is 0.169 e. The number of ketones is 1. The molecule has 106 valence electrons. The maximum absolute atomic E-state index is 12.5. The van der Waals surface area contributed by atoms with Gasteiger partial charge in [0.25, 0.3) is 0 Å². The van der Waals surface area contributed by atoms with Crippen molar-refractivity contribution >= 4 is 5.78 Å². The number of rotatable bonds is 7. The van der Waals surface area contributed by atoms with Crippen molar-refractivity contribution in [2.75, 3.05) is 20.1 Å². The lowest BCUT2D eigenvalue weighted by Gasteiger charge is -2.29. The highest BCUT2D eigenvalue weighted by Gasteiger charge is 2.29. The van der Waals surface area contributed by atoms with Gasteiger partial charge in [-0.15, -0.1) is 0 Å². The van der Waals surface area contributed by atoms with Gasteiger partial charge in [-0.3, -0.25) is 4.79 Å². The highest BCUT2D eigenvalue weighted by Crippen LogP contribution is 2.23. The van der Waals surface area contributed by atoms with Crippen LogP contribution in [0.25, 0.3) is 0 Å². The summed E-state index contributed by atoms with van der Waals surface area (Å²) in [6.07, 6.45) is 0.432. The SMILES string of the molecule is CC(O)CCN(C)CC(C)(C)C(=O)c1ccccc1. The molecular weight excluding hydrogens is 238 g/mol. The Morgan fingerprint density at radius 2 is 1.89 bits per heavy atom. The fraction of sp³-hybridized carbons (Fsp3) is 0.562. The maximum atomic E-state index is 12.5. The van der Waals surface area contributed by atoms with Crippen LogP contribution in [0.15, 0.2) is 30.3 Å². The standard InChI is InChI=1S/C16H25NO2/c1-13(18)10-11-17(4)12-16(2,3)15(19)14-8-6-5-7-9-14/h5-9,13,18H,10-12H2,1-4H3. The lowest BCUT2D eigenvalue weighted by atomic mass is 9.83. The van der Waals surface area contributed by atoms with Crippen molar-refractivity contribution in [2.24, 2.45) is 5.41 Å². The second kappa shape index (κ2) is 6.83. The largest absolute Gasteiger partial charge is 0.393 e. The third-order valence-electron chi connectivity index (χ3n) is 3.24. The number of benzene rings is 1. The van der Waals surface area contributed by atoms with Crippen LogP contribution in [0.2, 0.25) is 0 Å². The molecule has 0 spiro atoms. The Bertz CT molecular complexity index is 398. The van der Waals surface area contributed by atoms with Gasteiger partial charge in [0.2, 0.25) is 0 Å². The minimum atomic E-state index is -0.422. The first kappa shape index (κ1) is 15.9. The molecule has 0 saturated heterocycles. The van der Waals surface area contributed by atoms with Crippen LogP contribution < -0.4 is 0 Å². The zero-order valence-corrected chi connectivity index (χ0v) is 12.4. The molecule has 0 aromatic heterocycles. The molecule has 0 radical (unpaired) electrons. The number of aliphatic hydroxyl groups excluding tert-OH is 1. The molecule has 0 saturated carbocycles. The van der Waals surface area contributed by atoms with E-state index in [0.29, 0.717) is 6.54 Å². The fourth-order valence-electron chi connectivity index (χ4n) is 2.21. The highest BCUT2D eigenvalue weighted by atomic mass is 16.3. The van der Waals surface area contributed by atoms with Crippen molar-refractivity contribution in [3.63, 3.8) is 0 Å².